The minimum Gasteiger partial charge on any atom is -0.488 e. The van der Waals surface area contributed by atoms with Crippen LogP contribution in [0, 0.1) is 32.1 Å². The smallest absolute Gasteiger partial charge is 0.266 e. The Morgan fingerprint density at radius 2 is 1.80 bits per heavy atom. The molecular weight excluding hydrogens is 500 g/mol. The fraction of sp³-hybridized carbons (Fsp3) is 0.133. The van der Waals surface area contributed by atoms with Crippen LogP contribution in [0.2, 0.25) is 0 Å². The summed E-state index contributed by atoms with van der Waals surface area (Å²) in [5, 5.41) is 14.9. The second kappa shape index (κ2) is 10.6. The summed E-state index contributed by atoms with van der Waals surface area (Å²) in [7, 11) is 0. The molecule has 35 heavy (non-hydrogen) atoms. The highest BCUT2D eigenvalue weighted by molar-refractivity contribution is 9.10. The molecule has 4 nitrogen and oxygen atoms in total. The molecule has 174 valence electrons. The Morgan fingerprint density at radius 3 is 2.60 bits per heavy atom. The molecular formula is C30H25BrN2O2. The van der Waals surface area contributed by atoms with Crippen molar-refractivity contribution in [2.24, 2.45) is 0 Å². The molecule has 0 aromatic heterocycles. The second-order valence-corrected chi connectivity index (χ2v) is 9.34. The molecule has 0 atom stereocenters. The first kappa shape index (κ1) is 24.3. The molecule has 1 N–H and O–H groups in total. The Hall–Kier alpha value is -3.88. The minimum atomic E-state index is -0.461. The molecule has 0 saturated heterocycles. The molecule has 0 spiro atoms. The van der Waals surface area contributed by atoms with Crippen molar-refractivity contribution in [2.75, 3.05) is 5.32 Å². The van der Waals surface area contributed by atoms with Gasteiger partial charge in [0.2, 0.25) is 0 Å². The van der Waals surface area contributed by atoms with Crippen molar-refractivity contribution < 1.29 is 9.53 Å². The molecule has 0 saturated carbocycles. The molecule has 4 aromatic rings. The molecule has 0 bridgehead atoms. The lowest BCUT2D eigenvalue weighted by Crippen LogP contribution is -2.14. The predicted octanol–water partition coefficient (Wildman–Crippen LogP) is 7.65. The normalized spacial score (nSPS) is 11.2. The van der Waals surface area contributed by atoms with Gasteiger partial charge in [-0.1, -0.05) is 64.5 Å². The summed E-state index contributed by atoms with van der Waals surface area (Å²) >= 11 is 3.49. The molecule has 4 rings (SSSR count). The quantitative estimate of drug-likeness (QED) is 0.208. The van der Waals surface area contributed by atoms with Gasteiger partial charge in [-0.25, -0.2) is 0 Å². The molecule has 0 aliphatic rings. The van der Waals surface area contributed by atoms with E-state index in [1.165, 1.54) is 0 Å². The van der Waals surface area contributed by atoms with Gasteiger partial charge in [0.1, 0.15) is 24.0 Å². The van der Waals surface area contributed by atoms with Crippen LogP contribution in [-0.4, -0.2) is 5.91 Å². The Balaban J connectivity index is 1.63. The molecule has 5 heteroatoms. The van der Waals surface area contributed by atoms with Crippen LogP contribution in [0.1, 0.15) is 27.8 Å². The highest BCUT2D eigenvalue weighted by atomic mass is 79.9. The third-order valence-corrected chi connectivity index (χ3v) is 6.63. The summed E-state index contributed by atoms with van der Waals surface area (Å²) in [4.78, 5) is 12.9. The second-order valence-electron chi connectivity index (χ2n) is 8.42. The van der Waals surface area contributed by atoms with Gasteiger partial charge < -0.3 is 10.1 Å². The van der Waals surface area contributed by atoms with Crippen molar-refractivity contribution in [1.82, 2.24) is 0 Å². The highest BCUT2D eigenvalue weighted by Crippen LogP contribution is 2.29. The summed E-state index contributed by atoms with van der Waals surface area (Å²) in [6, 6.07) is 25.7. The zero-order chi connectivity index (χ0) is 24.9. The number of amides is 1. The lowest BCUT2D eigenvalue weighted by Gasteiger charge is -2.14. The van der Waals surface area contributed by atoms with Gasteiger partial charge in [-0.2, -0.15) is 5.26 Å². The van der Waals surface area contributed by atoms with Gasteiger partial charge in [-0.3, -0.25) is 4.79 Å². The van der Waals surface area contributed by atoms with E-state index in [1.807, 2.05) is 68.4 Å². The largest absolute Gasteiger partial charge is 0.488 e. The summed E-state index contributed by atoms with van der Waals surface area (Å²) in [5.41, 5.74) is 5.61. The van der Waals surface area contributed by atoms with Gasteiger partial charge in [0.05, 0.1) is 0 Å². The van der Waals surface area contributed by atoms with E-state index in [0.717, 1.165) is 37.5 Å². The predicted molar refractivity (Wildman–Crippen MR) is 145 cm³/mol. The number of aryl methyl sites for hydroxylation is 2. The lowest BCUT2D eigenvalue weighted by atomic mass is 10.0. The average Bonchev–Trinajstić information content (AvgIpc) is 2.85. The van der Waals surface area contributed by atoms with Crippen LogP contribution < -0.4 is 10.1 Å². The summed E-state index contributed by atoms with van der Waals surface area (Å²) in [6.07, 6.45) is 1.57. The maximum absolute atomic E-state index is 12.9. The fourth-order valence-electron chi connectivity index (χ4n) is 3.93. The van der Waals surface area contributed by atoms with E-state index >= 15 is 0 Å². The number of nitrogens with zero attached hydrogens (tertiary/aromatic N) is 1. The van der Waals surface area contributed by atoms with Gasteiger partial charge >= 0.3 is 0 Å². The number of nitriles is 1. The van der Waals surface area contributed by atoms with Gasteiger partial charge in [0.15, 0.2) is 0 Å². The van der Waals surface area contributed by atoms with E-state index in [0.29, 0.717) is 23.6 Å². The maximum atomic E-state index is 12.9. The SMILES string of the molecule is Cc1cccc(NC(=O)/C(C#N)=C/c2cc(Br)ccc2OCc2c(C)ccc3ccccc23)c1C. The first-order valence-corrected chi connectivity index (χ1v) is 12.1. The van der Waals surface area contributed by atoms with Gasteiger partial charge in [0.25, 0.3) is 5.91 Å². The number of benzene rings is 4. The Kier molecular flexibility index (Phi) is 7.33. The molecule has 0 unspecified atom stereocenters. The molecule has 1 amide bonds. The topological polar surface area (TPSA) is 62.1 Å². The van der Waals surface area contributed by atoms with E-state index in [1.54, 1.807) is 6.08 Å². The van der Waals surface area contributed by atoms with Gasteiger partial charge in [-0.05, 0) is 78.6 Å². The van der Waals surface area contributed by atoms with E-state index in [-0.39, 0.29) is 5.57 Å². The molecule has 0 aliphatic carbocycles. The average molecular weight is 525 g/mol. The number of hydrogen-bond donors (Lipinski definition) is 1. The first-order chi connectivity index (χ1) is 16.9. The van der Waals surface area contributed by atoms with Crippen LogP contribution >= 0.6 is 15.9 Å². The van der Waals surface area contributed by atoms with Crippen molar-refractivity contribution in [3.8, 4) is 11.8 Å². The number of halogens is 1. The van der Waals surface area contributed by atoms with Crippen LogP contribution in [0.3, 0.4) is 0 Å². The summed E-state index contributed by atoms with van der Waals surface area (Å²) < 4.78 is 7.06. The van der Waals surface area contributed by atoms with Gasteiger partial charge in [-0.15, -0.1) is 0 Å². The van der Waals surface area contributed by atoms with Crippen LogP contribution in [-0.2, 0) is 11.4 Å². The van der Waals surface area contributed by atoms with E-state index in [4.69, 9.17) is 4.74 Å². The van der Waals surface area contributed by atoms with Crippen molar-refractivity contribution in [2.45, 2.75) is 27.4 Å². The van der Waals surface area contributed by atoms with E-state index < -0.39 is 5.91 Å². The highest BCUT2D eigenvalue weighted by Gasteiger charge is 2.14. The number of ether oxygens (including phenoxy) is 1. The Morgan fingerprint density at radius 1 is 1.00 bits per heavy atom. The molecule has 0 radical (unpaired) electrons. The lowest BCUT2D eigenvalue weighted by molar-refractivity contribution is -0.112. The van der Waals surface area contributed by atoms with Crippen molar-refractivity contribution >= 4 is 44.4 Å². The Labute approximate surface area is 214 Å². The van der Waals surface area contributed by atoms with Gasteiger partial charge in [0, 0.05) is 21.3 Å². The van der Waals surface area contributed by atoms with E-state index in [9.17, 15) is 10.1 Å². The minimum absolute atomic E-state index is 0.00445. The van der Waals surface area contributed by atoms with Crippen LogP contribution in [0.15, 0.2) is 82.8 Å². The zero-order valence-corrected chi connectivity index (χ0v) is 21.4. The third kappa shape index (κ3) is 5.45. The number of nitrogens with one attached hydrogen (secondary N) is 1. The molecule has 0 fully saturated rings. The standard InChI is InChI=1S/C30H25BrN2O2/c1-19-7-6-10-28(21(19)3)33-30(34)24(17-32)15-23-16-25(31)13-14-29(23)35-18-27-20(2)11-12-22-8-4-5-9-26(22)27/h4-16H,18H2,1-3H3,(H,33,34)/b24-15+. The van der Waals surface area contributed by atoms with Crippen molar-refractivity contribution in [3.05, 3.63) is 111 Å². The molecule has 0 heterocycles. The summed E-state index contributed by atoms with van der Waals surface area (Å²) in [5.74, 6) is 0.129. The Bertz CT molecular complexity index is 1500. The molecule has 4 aromatic carbocycles. The van der Waals surface area contributed by atoms with Crippen molar-refractivity contribution in [1.29, 1.82) is 5.26 Å². The number of fused-ring (bicyclic) bond motifs is 1. The maximum Gasteiger partial charge on any atom is 0.266 e. The number of carbonyl (C=O) groups excluding carboxylic acids is 1. The van der Waals surface area contributed by atoms with Crippen molar-refractivity contribution in [3.63, 3.8) is 0 Å². The zero-order valence-electron chi connectivity index (χ0n) is 19.9. The number of rotatable bonds is 6. The van der Waals surface area contributed by atoms with E-state index in [2.05, 4.69) is 52.4 Å². The number of carbonyl (C=O) groups is 1. The summed E-state index contributed by atoms with van der Waals surface area (Å²) in [6.45, 7) is 6.36. The number of hydrogen-bond acceptors (Lipinski definition) is 3. The molecule has 0 aliphatic heterocycles. The first-order valence-electron chi connectivity index (χ1n) is 11.3. The monoisotopic (exact) mass is 524 g/mol. The number of anilines is 1. The third-order valence-electron chi connectivity index (χ3n) is 6.14. The van der Waals surface area contributed by atoms with Crippen LogP contribution in [0.5, 0.6) is 5.75 Å². The fourth-order valence-corrected chi connectivity index (χ4v) is 4.31. The van der Waals surface area contributed by atoms with Crippen LogP contribution in [0.4, 0.5) is 5.69 Å². The van der Waals surface area contributed by atoms with Crippen LogP contribution in [0.25, 0.3) is 16.8 Å².